The number of carbonyl (C=O) groups is 1. The normalized spacial score (nSPS) is 15.9. The van der Waals surface area contributed by atoms with Gasteiger partial charge in [0.2, 0.25) is 5.91 Å². The first-order valence-corrected chi connectivity index (χ1v) is 6.17. The third-order valence-electron chi connectivity index (χ3n) is 2.83. The second kappa shape index (κ2) is 4.23. The zero-order chi connectivity index (χ0) is 10.8. The molecule has 82 valence electrons. The standard InChI is InChI=1S/C11H16N2OS/c1-2-11(14)13-5-3-8-7-10(12)15-9(8)4-6-13/h7H,2-6,12H2,1H3. The zero-order valence-electron chi connectivity index (χ0n) is 8.95. The topological polar surface area (TPSA) is 46.3 Å². The lowest BCUT2D eigenvalue weighted by Crippen LogP contribution is -2.32. The Hall–Kier alpha value is -1.03. The van der Waals surface area contributed by atoms with E-state index >= 15 is 0 Å². The molecule has 1 aliphatic heterocycles. The van der Waals surface area contributed by atoms with E-state index in [1.807, 2.05) is 11.8 Å². The van der Waals surface area contributed by atoms with Gasteiger partial charge in [-0.15, -0.1) is 11.3 Å². The van der Waals surface area contributed by atoms with Gasteiger partial charge in [0.25, 0.3) is 0 Å². The van der Waals surface area contributed by atoms with Crippen molar-refractivity contribution >= 4 is 22.2 Å². The number of rotatable bonds is 1. The van der Waals surface area contributed by atoms with Gasteiger partial charge in [-0.3, -0.25) is 4.79 Å². The van der Waals surface area contributed by atoms with Crippen LogP contribution in [0.25, 0.3) is 0 Å². The van der Waals surface area contributed by atoms with Crippen LogP contribution in [0.15, 0.2) is 6.07 Å². The Balaban J connectivity index is 2.09. The molecule has 0 fully saturated rings. The molecule has 4 heteroatoms. The van der Waals surface area contributed by atoms with Crippen molar-refractivity contribution < 1.29 is 4.79 Å². The van der Waals surface area contributed by atoms with Gasteiger partial charge in [0.05, 0.1) is 5.00 Å². The van der Waals surface area contributed by atoms with Gasteiger partial charge >= 0.3 is 0 Å². The molecule has 1 aromatic rings. The van der Waals surface area contributed by atoms with Crippen molar-refractivity contribution in [3.63, 3.8) is 0 Å². The van der Waals surface area contributed by atoms with Crippen molar-refractivity contribution in [3.05, 3.63) is 16.5 Å². The van der Waals surface area contributed by atoms with Crippen molar-refractivity contribution in [2.45, 2.75) is 26.2 Å². The Morgan fingerprint density at radius 1 is 1.53 bits per heavy atom. The number of amides is 1. The molecule has 0 aromatic carbocycles. The van der Waals surface area contributed by atoms with Crippen LogP contribution in [-0.2, 0) is 17.6 Å². The summed E-state index contributed by atoms with van der Waals surface area (Å²) >= 11 is 1.66. The summed E-state index contributed by atoms with van der Waals surface area (Å²) in [6.07, 6.45) is 2.52. The quantitative estimate of drug-likeness (QED) is 0.788. The van der Waals surface area contributed by atoms with E-state index in [4.69, 9.17) is 5.73 Å². The number of hydrogen-bond acceptors (Lipinski definition) is 3. The molecule has 2 N–H and O–H groups in total. The minimum atomic E-state index is 0.262. The van der Waals surface area contributed by atoms with E-state index in [0.29, 0.717) is 6.42 Å². The molecule has 3 nitrogen and oxygen atoms in total. The van der Waals surface area contributed by atoms with Gasteiger partial charge in [0, 0.05) is 24.4 Å². The molecule has 0 unspecified atom stereocenters. The van der Waals surface area contributed by atoms with Gasteiger partial charge in [-0.1, -0.05) is 6.92 Å². The SMILES string of the molecule is CCC(=O)N1CCc2cc(N)sc2CC1. The Bertz CT molecular complexity index is 347. The Morgan fingerprint density at radius 2 is 2.27 bits per heavy atom. The fourth-order valence-electron chi connectivity index (χ4n) is 1.99. The summed E-state index contributed by atoms with van der Waals surface area (Å²) in [7, 11) is 0. The molecule has 0 radical (unpaired) electrons. The fourth-order valence-corrected chi connectivity index (χ4v) is 2.96. The highest BCUT2D eigenvalue weighted by Crippen LogP contribution is 2.27. The number of anilines is 1. The first-order chi connectivity index (χ1) is 7.20. The molecule has 2 rings (SSSR count). The predicted molar refractivity (Wildman–Crippen MR) is 63.0 cm³/mol. The van der Waals surface area contributed by atoms with E-state index in [1.54, 1.807) is 11.3 Å². The summed E-state index contributed by atoms with van der Waals surface area (Å²) in [6.45, 7) is 3.61. The minimum Gasteiger partial charge on any atom is -0.391 e. The summed E-state index contributed by atoms with van der Waals surface area (Å²) in [5.41, 5.74) is 7.10. The highest BCUT2D eigenvalue weighted by Gasteiger charge is 2.18. The van der Waals surface area contributed by atoms with Crippen LogP contribution in [0.4, 0.5) is 5.00 Å². The lowest BCUT2D eigenvalue weighted by atomic mass is 10.2. The van der Waals surface area contributed by atoms with Crippen molar-refractivity contribution in [2.75, 3.05) is 18.8 Å². The predicted octanol–water partition coefficient (Wildman–Crippen LogP) is 1.67. The maximum atomic E-state index is 11.6. The van der Waals surface area contributed by atoms with Gasteiger partial charge in [0.1, 0.15) is 0 Å². The van der Waals surface area contributed by atoms with E-state index in [0.717, 1.165) is 30.9 Å². The molecular formula is C11H16N2OS. The molecule has 0 saturated carbocycles. The number of nitrogen functional groups attached to an aromatic ring is 1. The third kappa shape index (κ3) is 2.15. The Kier molecular flexibility index (Phi) is 2.95. The molecule has 15 heavy (non-hydrogen) atoms. The summed E-state index contributed by atoms with van der Waals surface area (Å²) in [5, 5.41) is 0.898. The summed E-state index contributed by atoms with van der Waals surface area (Å²) in [4.78, 5) is 14.9. The van der Waals surface area contributed by atoms with Gasteiger partial charge in [-0.2, -0.15) is 0 Å². The molecule has 0 bridgehead atoms. The minimum absolute atomic E-state index is 0.262. The van der Waals surface area contributed by atoms with Crippen LogP contribution in [0.3, 0.4) is 0 Å². The van der Waals surface area contributed by atoms with Crippen molar-refractivity contribution in [3.8, 4) is 0 Å². The highest BCUT2D eigenvalue weighted by atomic mass is 32.1. The van der Waals surface area contributed by atoms with Gasteiger partial charge < -0.3 is 10.6 Å². The van der Waals surface area contributed by atoms with E-state index in [1.165, 1.54) is 10.4 Å². The number of hydrogen-bond donors (Lipinski definition) is 1. The van der Waals surface area contributed by atoms with E-state index in [2.05, 4.69) is 6.07 Å². The highest BCUT2D eigenvalue weighted by molar-refractivity contribution is 7.16. The number of nitrogens with two attached hydrogens (primary N) is 1. The molecule has 1 amide bonds. The van der Waals surface area contributed by atoms with E-state index in [9.17, 15) is 4.79 Å². The monoisotopic (exact) mass is 224 g/mol. The van der Waals surface area contributed by atoms with Crippen LogP contribution in [0.5, 0.6) is 0 Å². The molecule has 0 saturated heterocycles. The second-order valence-corrected chi connectivity index (χ2v) is 5.00. The average Bonchev–Trinajstić information content (AvgIpc) is 2.47. The molecule has 1 aromatic heterocycles. The Labute approximate surface area is 93.9 Å². The summed E-state index contributed by atoms with van der Waals surface area (Å²) in [5.74, 6) is 0.262. The molecule has 0 atom stereocenters. The smallest absolute Gasteiger partial charge is 0.222 e. The Morgan fingerprint density at radius 3 is 3.00 bits per heavy atom. The summed E-state index contributed by atoms with van der Waals surface area (Å²) < 4.78 is 0. The largest absolute Gasteiger partial charge is 0.391 e. The molecule has 0 aliphatic carbocycles. The maximum absolute atomic E-state index is 11.6. The second-order valence-electron chi connectivity index (χ2n) is 3.83. The van der Waals surface area contributed by atoms with Crippen LogP contribution in [0.2, 0.25) is 0 Å². The summed E-state index contributed by atoms with van der Waals surface area (Å²) in [6, 6.07) is 2.06. The lowest BCUT2D eigenvalue weighted by molar-refractivity contribution is -0.130. The van der Waals surface area contributed by atoms with Crippen LogP contribution in [0, 0.1) is 0 Å². The van der Waals surface area contributed by atoms with E-state index in [-0.39, 0.29) is 5.91 Å². The molecular weight excluding hydrogens is 208 g/mol. The van der Waals surface area contributed by atoms with E-state index < -0.39 is 0 Å². The van der Waals surface area contributed by atoms with Gasteiger partial charge in [-0.05, 0) is 24.5 Å². The van der Waals surface area contributed by atoms with Gasteiger partial charge in [0.15, 0.2) is 0 Å². The van der Waals surface area contributed by atoms with Crippen molar-refractivity contribution in [1.82, 2.24) is 4.90 Å². The zero-order valence-corrected chi connectivity index (χ0v) is 9.77. The van der Waals surface area contributed by atoms with Crippen molar-refractivity contribution in [1.29, 1.82) is 0 Å². The van der Waals surface area contributed by atoms with Gasteiger partial charge in [-0.25, -0.2) is 0 Å². The molecule has 2 heterocycles. The lowest BCUT2D eigenvalue weighted by Gasteiger charge is -2.19. The number of fused-ring (bicyclic) bond motifs is 1. The fraction of sp³-hybridized carbons (Fsp3) is 0.545. The number of nitrogens with zero attached hydrogens (tertiary/aromatic N) is 1. The third-order valence-corrected chi connectivity index (χ3v) is 3.90. The average molecular weight is 224 g/mol. The number of carbonyl (C=O) groups excluding carboxylic acids is 1. The van der Waals surface area contributed by atoms with Crippen LogP contribution in [0.1, 0.15) is 23.8 Å². The maximum Gasteiger partial charge on any atom is 0.222 e. The van der Waals surface area contributed by atoms with Crippen LogP contribution >= 0.6 is 11.3 Å². The first-order valence-electron chi connectivity index (χ1n) is 5.35. The molecule has 1 aliphatic rings. The van der Waals surface area contributed by atoms with Crippen LogP contribution < -0.4 is 5.73 Å². The van der Waals surface area contributed by atoms with Crippen LogP contribution in [-0.4, -0.2) is 23.9 Å². The molecule has 0 spiro atoms. The number of thiophene rings is 1. The van der Waals surface area contributed by atoms with Crippen molar-refractivity contribution in [2.24, 2.45) is 0 Å². The first kappa shape index (κ1) is 10.5.